The lowest BCUT2D eigenvalue weighted by Crippen LogP contribution is -2.12. The van der Waals surface area contributed by atoms with Crippen molar-refractivity contribution >= 4 is 18.4 Å². The van der Waals surface area contributed by atoms with Crippen LogP contribution in [0.25, 0.3) is 0 Å². The Hall–Kier alpha value is -0.440. The van der Waals surface area contributed by atoms with Gasteiger partial charge in [-0.15, -0.1) is 12.4 Å². The van der Waals surface area contributed by atoms with E-state index in [2.05, 4.69) is 10.1 Å². The van der Waals surface area contributed by atoms with Gasteiger partial charge in [0.1, 0.15) is 6.61 Å². The topological polar surface area (TPSA) is 45.1 Å². The number of hydrogen-bond acceptors (Lipinski definition) is 2. The first-order valence-electron chi connectivity index (χ1n) is 1.85. The van der Waals surface area contributed by atoms with Crippen LogP contribution in [-0.4, -0.2) is 19.2 Å². The molecule has 1 aliphatic heterocycles. The van der Waals surface area contributed by atoms with Crippen LogP contribution in [-0.2, 0) is 4.74 Å². The number of ether oxygens (including phenoxy) is 1. The van der Waals surface area contributed by atoms with Gasteiger partial charge in [0.15, 0.2) is 0 Å². The van der Waals surface area contributed by atoms with Gasteiger partial charge in [0.05, 0.1) is 6.54 Å². The lowest BCUT2D eigenvalue weighted by Gasteiger charge is -1.85. The van der Waals surface area contributed by atoms with Crippen LogP contribution in [0.15, 0.2) is 0 Å². The molecule has 7 heavy (non-hydrogen) atoms. The molecule has 1 heterocycles. The third-order valence-electron chi connectivity index (χ3n) is 0.634. The summed E-state index contributed by atoms with van der Waals surface area (Å²) in [4.78, 5) is 0. The molecule has 0 bridgehead atoms. The van der Waals surface area contributed by atoms with Crippen molar-refractivity contribution in [1.82, 2.24) is 5.32 Å². The van der Waals surface area contributed by atoms with Crippen LogP contribution in [0.2, 0.25) is 0 Å². The van der Waals surface area contributed by atoms with Crippen molar-refractivity contribution < 1.29 is 4.74 Å². The first-order valence-corrected chi connectivity index (χ1v) is 1.85. The van der Waals surface area contributed by atoms with Crippen LogP contribution in [0.4, 0.5) is 0 Å². The maximum atomic E-state index is 6.72. The fourth-order valence-electron chi connectivity index (χ4n) is 0.369. The number of hydrogen-bond donors (Lipinski definition) is 2. The average molecular weight is 123 g/mol. The van der Waals surface area contributed by atoms with Crippen molar-refractivity contribution in [2.45, 2.75) is 0 Å². The van der Waals surface area contributed by atoms with E-state index < -0.39 is 0 Å². The molecule has 0 amide bonds. The summed E-state index contributed by atoms with van der Waals surface area (Å²) in [5.74, 6) is 0. The molecule has 0 aromatic heterocycles. The highest BCUT2D eigenvalue weighted by molar-refractivity contribution is 5.85. The zero-order valence-corrected chi connectivity index (χ0v) is 4.55. The van der Waals surface area contributed by atoms with Gasteiger partial charge in [-0.25, -0.2) is 0 Å². The fourth-order valence-corrected chi connectivity index (χ4v) is 0.369. The van der Waals surface area contributed by atoms with Gasteiger partial charge in [-0.1, -0.05) is 0 Å². The summed E-state index contributed by atoms with van der Waals surface area (Å²) in [7, 11) is 0. The van der Waals surface area contributed by atoms with Crippen LogP contribution in [0.3, 0.4) is 0 Å². The molecular weight excluding hydrogens is 115 g/mol. The molecular formula is C3H7ClN2O. The Balaban J connectivity index is 0.000000360. The van der Waals surface area contributed by atoms with Gasteiger partial charge in [-0.3, -0.25) is 5.41 Å². The molecule has 0 aromatic carbocycles. The van der Waals surface area contributed by atoms with Crippen LogP contribution >= 0.6 is 12.4 Å². The SMILES string of the molecule is Cl.N=C1NCCO1. The molecule has 2 N–H and O–H groups in total. The van der Waals surface area contributed by atoms with Gasteiger partial charge in [0.25, 0.3) is 6.02 Å². The van der Waals surface area contributed by atoms with Crippen molar-refractivity contribution in [3.63, 3.8) is 0 Å². The predicted octanol–water partition coefficient (Wildman–Crippen LogP) is -0.0372. The molecule has 0 spiro atoms. The van der Waals surface area contributed by atoms with Crippen LogP contribution in [0, 0.1) is 5.41 Å². The third kappa shape index (κ3) is 1.64. The van der Waals surface area contributed by atoms with Gasteiger partial charge >= 0.3 is 0 Å². The third-order valence-corrected chi connectivity index (χ3v) is 0.634. The second kappa shape index (κ2) is 2.69. The molecule has 3 nitrogen and oxygen atoms in total. The molecule has 4 heteroatoms. The predicted molar refractivity (Wildman–Crippen MR) is 28.9 cm³/mol. The van der Waals surface area contributed by atoms with Crippen molar-refractivity contribution in [2.24, 2.45) is 0 Å². The second-order valence-corrected chi connectivity index (χ2v) is 1.10. The summed E-state index contributed by atoms with van der Waals surface area (Å²) in [6.07, 6.45) is 0. The minimum Gasteiger partial charge on any atom is -0.464 e. The van der Waals surface area contributed by atoms with E-state index in [1.165, 1.54) is 0 Å². The van der Waals surface area contributed by atoms with E-state index in [0.717, 1.165) is 6.54 Å². The van der Waals surface area contributed by atoms with Crippen LogP contribution < -0.4 is 5.32 Å². The van der Waals surface area contributed by atoms with E-state index in [-0.39, 0.29) is 18.4 Å². The van der Waals surface area contributed by atoms with Crippen molar-refractivity contribution in [1.29, 1.82) is 5.41 Å². The molecule has 0 aromatic rings. The van der Waals surface area contributed by atoms with Crippen molar-refractivity contribution in [2.75, 3.05) is 13.2 Å². The van der Waals surface area contributed by atoms with Crippen molar-refractivity contribution in [3.05, 3.63) is 0 Å². The Morgan fingerprint density at radius 3 is 2.57 bits per heavy atom. The zero-order valence-electron chi connectivity index (χ0n) is 3.73. The molecule has 0 saturated carbocycles. The molecule has 0 unspecified atom stereocenters. The monoisotopic (exact) mass is 122 g/mol. The van der Waals surface area contributed by atoms with Gasteiger partial charge in [0.2, 0.25) is 0 Å². The summed E-state index contributed by atoms with van der Waals surface area (Å²) in [6, 6.07) is 0.204. The Morgan fingerprint density at radius 2 is 2.43 bits per heavy atom. The lowest BCUT2D eigenvalue weighted by atomic mass is 10.7. The summed E-state index contributed by atoms with van der Waals surface area (Å²) < 4.78 is 4.62. The van der Waals surface area contributed by atoms with Gasteiger partial charge in [-0.2, -0.15) is 0 Å². The molecule has 1 saturated heterocycles. The van der Waals surface area contributed by atoms with Crippen LogP contribution in [0.5, 0.6) is 0 Å². The van der Waals surface area contributed by atoms with E-state index in [1.807, 2.05) is 0 Å². The molecule has 42 valence electrons. The van der Waals surface area contributed by atoms with Crippen LogP contribution in [0.1, 0.15) is 0 Å². The average Bonchev–Trinajstić information content (AvgIpc) is 1.86. The summed E-state index contributed by atoms with van der Waals surface area (Å²) in [6.45, 7) is 1.44. The highest BCUT2D eigenvalue weighted by Crippen LogP contribution is 1.80. The van der Waals surface area contributed by atoms with Crippen molar-refractivity contribution in [3.8, 4) is 0 Å². The second-order valence-electron chi connectivity index (χ2n) is 1.10. The zero-order chi connectivity index (χ0) is 4.41. The first kappa shape index (κ1) is 6.56. The molecule has 0 atom stereocenters. The minimum absolute atomic E-state index is 0. The standard InChI is InChI=1S/C3H6N2O.ClH/c4-3-5-1-2-6-3;/h1-2H2,(H2,4,5);1H. The quantitative estimate of drug-likeness (QED) is 0.474. The lowest BCUT2D eigenvalue weighted by molar-refractivity contribution is 0.350. The first-order chi connectivity index (χ1) is 2.89. The Bertz CT molecular complexity index is 67.3. The Kier molecular flexibility index (Phi) is 2.52. The molecule has 1 fully saturated rings. The number of rotatable bonds is 0. The van der Waals surface area contributed by atoms with E-state index >= 15 is 0 Å². The highest BCUT2D eigenvalue weighted by Gasteiger charge is 2.01. The number of halogens is 1. The number of amidine groups is 1. The highest BCUT2D eigenvalue weighted by atomic mass is 35.5. The summed E-state index contributed by atoms with van der Waals surface area (Å²) >= 11 is 0. The molecule has 1 rings (SSSR count). The Morgan fingerprint density at radius 1 is 1.71 bits per heavy atom. The minimum atomic E-state index is 0. The smallest absolute Gasteiger partial charge is 0.281 e. The summed E-state index contributed by atoms with van der Waals surface area (Å²) in [5, 5.41) is 9.40. The normalized spacial score (nSPS) is 16.9. The van der Waals surface area contributed by atoms with E-state index in [9.17, 15) is 0 Å². The largest absolute Gasteiger partial charge is 0.464 e. The summed E-state index contributed by atoms with van der Waals surface area (Å²) in [5.41, 5.74) is 0. The molecule has 0 radical (unpaired) electrons. The fraction of sp³-hybridized carbons (Fsp3) is 0.667. The molecule has 0 aliphatic carbocycles. The van der Waals surface area contributed by atoms with Gasteiger partial charge in [-0.05, 0) is 0 Å². The Labute approximate surface area is 48.0 Å². The van der Waals surface area contributed by atoms with E-state index in [4.69, 9.17) is 5.41 Å². The van der Waals surface area contributed by atoms with Gasteiger partial charge < -0.3 is 10.1 Å². The maximum absolute atomic E-state index is 6.72. The van der Waals surface area contributed by atoms with Gasteiger partial charge in [0, 0.05) is 0 Å². The molecule has 1 aliphatic rings. The van der Waals surface area contributed by atoms with E-state index in [0.29, 0.717) is 6.61 Å². The number of nitrogens with one attached hydrogen (secondary N) is 2. The maximum Gasteiger partial charge on any atom is 0.281 e. The van der Waals surface area contributed by atoms with E-state index in [1.54, 1.807) is 0 Å².